The highest BCUT2D eigenvalue weighted by atomic mass is 79.9. The summed E-state index contributed by atoms with van der Waals surface area (Å²) in [6.45, 7) is 0. The fraction of sp³-hybridized carbons (Fsp3) is 0.294. The second-order valence-electron chi connectivity index (χ2n) is 4.64. The van der Waals surface area contributed by atoms with E-state index in [1.165, 1.54) is 16.7 Å². The number of ether oxygens (including phenoxy) is 2. The summed E-state index contributed by atoms with van der Waals surface area (Å²) in [5.74, 6) is 1.57. The van der Waals surface area contributed by atoms with Crippen molar-refractivity contribution in [2.24, 2.45) is 0 Å². The maximum atomic E-state index is 5.33. The van der Waals surface area contributed by atoms with Gasteiger partial charge in [0.2, 0.25) is 0 Å². The van der Waals surface area contributed by atoms with E-state index >= 15 is 0 Å². The van der Waals surface area contributed by atoms with E-state index < -0.39 is 0 Å². The summed E-state index contributed by atoms with van der Waals surface area (Å²) in [7, 11) is 3.32. The molecule has 0 radical (unpaired) electrons. The van der Waals surface area contributed by atoms with Crippen molar-refractivity contribution >= 4 is 15.9 Å². The molecule has 3 heteroatoms. The van der Waals surface area contributed by atoms with Gasteiger partial charge in [0.05, 0.1) is 14.2 Å². The zero-order chi connectivity index (χ0) is 14.4. The van der Waals surface area contributed by atoms with E-state index in [0.717, 1.165) is 29.7 Å². The van der Waals surface area contributed by atoms with Crippen molar-refractivity contribution in [1.29, 1.82) is 0 Å². The van der Waals surface area contributed by atoms with Crippen LogP contribution < -0.4 is 9.47 Å². The van der Waals surface area contributed by atoms with Gasteiger partial charge in [-0.25, -0.2) is 0 Å². The molecule has 20 heavy (non-hydrogen) atoms. The molecule has 2 nitrogen and oxygen atoms in total. The quantitative estimate of drug-likeness (QED) is 0.729. The summed E-state index contributed by atoms with van der Waals surface area (Å²) in [6.07, 6.45) is 2.02. The Morgan fingerprint density at radius 2 is 1.30 bits per heavy atom. The molecule has 0 spiro atoms. The van der Waals surface area contributed by atoms with E-state index in [4.69, 9.17) is 9.47 Å². The summed E-state index contributed by atoms with van der Waals surface area (Å²) < 4.78 is 10.6. The van der Waals surface area contributed by atoms with E-state index in [0.29, 0.717) is 0 Å². The van der Waals surface area contributed by atoms with Gasteiger partial charge in [-0.3, -0.25) is 0 Å². The van der Waals surface area contributed by atoms with E-state index in [9.17, 15) is 0 Å². The number of methoxy groups -OCH3 is 2. The molecule has 0 aromatic heterocycles. The molecule has 0 saturated carbocycles. The topological polar surface area (TPSA) is 18.5 Å². The zero-order valence-corrected chi connectivity index (χ0v) is 13.4. The van der Waals surface area contributed by atoms with Crippen LogP contribution >= 0.6 is 15.9 Å². The highest BCUT2D eigenvalue weighted by Crippen LogP contribution is 2.28. The molecule has 2 aromatic carbocycles. The molecule has 0 unspecified atom stereocenters. The van der Waals surface area contributed by atoms with Crippen molar-refractivity contribution in [3.8, 4) is 11.5 Å². The first-order valence-corrected chi connectivity index (χ1v) is 7.73. The first kappa shape index (κ1) is 14.9. The van der Waals surface area contributed by atoms with Gasteiger partial charge in [-0.1, -0.05) is 46.3 Å². The summed E-state index contributed by atoms with van der Waals surface area (Å²) in [5, 5.41) is 0.906. The summed E-state index contributed by atoms with van der Waals surface area (Å²) >= 11 is 3.46. The monoisotopic (exact) mass is 334 g/mol. The van der Waals surface area contributed by atoms with Gasteiger partial charge >= 0.3 is 0 Å². The Labute approximate surface area is 128 Å². The van der Waals surface area contributed by atoms with E-state index in [-0.39, 0.29) is 0 Å². The molecule has 0 N–H and O–H groups in total. The molecule has 0 aliphatic heterocycles. The number of hydrogen-bond acceptors (Lipinski definition) is 2. The fourth-order valence-electron chi connectivity index (χ4n) is 2.12. The van der Waals surface area contributed by atoms with Crippen molar-refractivity contribution < 1.29 is 9.47 Å². The lowest BCUT2D eigenvalue weighted by atomic mass is 10.0. The Bertz CT molecular complexity index is 549. The minimum Gasteiger partial charge on any atom is -0.493 e. The van der Waals surface area contributed by atoms with Crippen LogP contribution in [0, 0.1) is 0 Å². The Hall–Kier alpha value is -1.48. The number of hydrogen-bond donors (Lipinski definition) is 0. The van der Waals surface area contributed by atoms with Crippen LogP contribution in [0.15, 0.2) is 42.5 Å². The first-order valence-electron chi connectivity index (χ1n) is 6.61. The molecule has 0 bridgehead atoms. The van der Waals surface area contributed by atoms with Crippen LogP contribution in [0.4, 0.5) is 0 Å². The minimum absolute atomic E-state index is 0.776. The Kier molecular flexibility index (Phi) is 5.48. The molecule has 0 saturated heterocycles. The van der Waals surface area contributed by atoms with Gasteiger partial charge in [-0.2, -0.15) is 0 Å². The van der Waals surface area contributed by atoms with Gasteiger partial charge in [0.15, 0.2) is 11.5 Å². The van der Waals surface area contributed by atoms with Gasteiger partial charge in [0.25, 0.3) is 0 Å². The molecule has 0 fully saturated rings. The van der Waals surface area contributed by atoms with Crippen molar-refractivity contribution in [2.75, 3.05) is 14.2 Å². The van der Waals surface area contributed by atoms with Crippen LogP contribution in [0.2, 0.25) is 0 Å². The second-order valence-corrected chi connectivity index (χ2v) is 5.20. The standard InChI is InChI=1S/C17H19BrO2/c1-19-16-10-9-14(11-17(16)20-2)6-3-13-4-7-15(12-18)8-5-13/h4-5,7-11H,3,6,12H2,1-2H3. The predicted octanol–water partition coefficient (Wildman–Crippen LogP) is 4.38. The molecule has 0 aliphatic carbocycles. The van der Waals surface area contributed by atoms with Crippen LogP contribution in [0.5, 0.6) is 11.5 Å². The average Bonchev–Trinajstić information content (AvgIpc) is 2.53. The lowest BCUT2D eigenvalue weighted by Crippen LogP contribution is -1.95. The van der Waals surface area contributed by atoms with Crippen LogP contribution in [0.3, 0.4) is 0 Å². The van der Waals surface area contributed by atoms with E-state index in [1.54, 1.807) is 14.2 Å². The highest BCUT2D eigenvalue weighted by Gasteiger charge is 2.04. The summed E-state index contributed by atoms with van der Waals surface area (Å²) in [5.41, 5.74) is 3.91. The van der Waals surface area contributed by atoms with Crippen LogP contribution in [0.1, 0.15) is 16.7 Å². The maximum absolute atomic E-state index is 5.33. The number of halogens is 1. The highest BCUT2D eigenvalue weighted by molar-refractivity contribution is 9.08. The predicted molar refractivity (Wildman–Crippen MR) is 86.0 cm³/mol. The number of benzene rings is 2. The molecule has 106 valence electrons. The van der Waals surface area contributed by atoms with Gasteiger partial charge in [0, 0.05) is 5.33 Å². The van der Waals surface area contributed by atoms with E-state index in [1.807, 2.05) is 12.1 Å². The normalized spacial score (nSPS) is 10.3. The van der Waals surface area contributed by atoms with Crippen molar-refractivity contribution in [1.82, 2.24) is 0 Å². The number of aryl methyl sites for hydroxylation is 2. The molecule has 0 amide bonds. The first-order chi connectivity index (χ1) is 9.76. The fourth-order valence-corrected chi connectivity index (χ4v) is 2.49. The van der Waals surface area contributed by atoms with E-state index in [2.05, 4.69) is 46.3 Å². The third-order valence-electron chi connectivity index (χ3n) is 3.33. The Balaban J connectivity index is 2.02. The molecule has 0 heterocycles. The average molecular weight is 335 g/mol. The minimum atomic E-state index is 0.776. The maximum Gasteiger partial charge on any atom is 0.160 e. The summed E-state index contributed by atoms with van der Waals surface area (Å²) in [6, 6.07) is 14.8. The van der Waals surface area contributed by atoms with Gasteiger partial charge in [-0.05, 0) is 41.7 Å². The summed E-state index contributed by atoms with van der Waals surface area (Å²) in [4.78, 5) is 0. The number of rotatable bonds is 6. The largest absolute Gasteiger partial charge is 0.493 e. The third-order valence-corrected chi connectivity index (χ3v) is 3.98. The molecular weight excluding hydrogens is 316 g/mol. The van der Waals surface area contributed by atoms with Crippen LogP contribution in [0.25, 0.3) is 0 Å². The van der Waals surface area contributed by atoms with Gasteiger partial charge in [-0.15, -0.1) is 0 Å². The smallest absolute Gasteiger partial charge is 0.160 e. The molecule has 2 rings (SSSR count). The zero-order valence-electron chi connectivity index (χ0n) is 11.9. The Morgan fingerprint density at radius 1 is 0.750 bits per heavy atom. The SMILES string of the molecule is COc1ccc(CCc2ccc(CBr)cc2)cc1OC. The van der Waals surface area contributed by atoms with Crippen molar-refractivity contribution in [2.45, 2.75) is 18.2 Å². The number of alkyl halides is 1. The molecule has 2 aromatic rings. The van der Waals surface area contributed by atoms with Crippen molar-refractivity contribution in [3.63, 3.8) is 0 Å². The third kappa shape index (κ3) is 3.76. The molecular formula is C17H19BrO2. The Morgan fingerprint density at radius 3 is 1.90 bits per heavy atom. The van der Waals surface area contributed by atoms with Gasteiger partial charge in [0.1, 0.15) is 0 Å². The lowest BCUT2D eigenvalue weighted by molar-refractivity contribution is 0.354. The van der Waals surface area contributed by atoms with Crippen LogP contribution in [-0.2, 0) is 18.2 Å². The molecule has 0 atom stereocenters. The lowest BCUT2D eigenvalue weighted by Gasteiger charge is -2.09. The van der Waals surface area contributed by atoms with Gasteiger partial charge < -0.3 is 9.47 Å². The molecule has 0 aliphatic rings. The van der Waals surface area contributed by atoms with Crippen molar-refractivity contribution in [3.05, 3.63) is 59.2 Å². The second kappa shape index (κ2) is 7.34. The van der Waals surface area contributed by atoms with Crippen LogP contribution in [-0.4, -0.2) is 14.2 Å².